The Morgan fingerprint density at radius 1 is 1.15 bits per heavy atom. The number of nitrogens with one attached hydrogen (secondary N) is 1. The molecule has 0 saturated carbocycles. The molecule has 5 nitrogen and oxygen atoms in total. The van der Waals surface area contributed by atoms with Crippen LogP contribution in [-0.2, 0) is 15.8 Å². The van der Waals surface area contributed by atoms with Gasteiger partial charge in [0, 0.05) is 19.3 Å². The lowest BCUT2D eigenvalue weighted by molar-refractivity contribution is -0.137. The van der Waals surface area contributed by atoms with Crippen molar-refractivity contribution in [1.82, 2.24) is 10.3 Å². The molecule has 2 atom stereocenters. The largest absolute Gasteiger partial charge is 0.417 e. The monoisotopic (exact) mass is 285 g/mol. The smallest absolute Gasteiger partial charge is 0.355 e. The molecule has 2 aliphatic rings. The molecule has 2 fully saturated rings. The zero-order valence-corrected chi connectivity index (χ0v) is 10.1. The van der Waals surface area contributed by atoms with Crippen molar-refractivity contribution in [3.63, 3.8) is 0 Å². The molecule has 2 saturated heterocycles. The second kappa shape index (κ2) is 4.19. The fourth-order valence-electron chi connectivity index (χ4n) is 2.57. The highest BCUT2D eigenvalue weighted by Crippen LogP contribution is 2.33. The average molecular weight is 285 g/mol. The van der Waals surface area contributed by atoms with Gasteiger partial charge in [0.25, 0.3) is 0 Å². The summed E-state index contributed by atoms with van der Waals surface area (Å²) in [6.07, 6.45) is -3.67. The summed E-state index contributed by atoms with van der Waals surface area (Å²) in [4.78, 5) is 28.4. The summed E-state index contributed by atoms with van der Waals surface area (Å²) in [6, 6.07) is 2.20. The summed E-state index contributed by atoms with van der Waals surface area (Å²) >= 11 is 0. The molecule has 0 aromatic carbocycles. The van der Waals surface area contributed by atoms with E-state index in [-0.39, 0.29) is 11.8 Å². The molecular formula is C12H10F3N3O2. The van der Waals surface area contributed by atoms with Gasteiger partial charge in [-0.1, -0.05) is 0 Å². The van der Waals surface area contributed by atoms with Crippen LogP contribution >= 0.6 is 0 Å². The number of nitrogens with zero attached hydrogens (tertiary/aromatic N) is 2. The van der Waals surface area contributed by atoms with Crippen molar-refractivity contribution in [2.45, 2.75) is 6.18 Å². The topological polar surface area (TPSA) is 62.3 Å². The number of hydrogen-bond acceptors (Lipinski definition) is 4. The number of halogens is 3. The number of alkyl halides is 3. The zero-order valence-electron chi connectivity index (χ0n) is 10.1. The van der Waals surface area contributed by atoms with E-state index in [1.165, 1.54) is 6.07 Å². The lowest BCUT2D eigenvalue weighted by atomic mass is 10.00. The molecule has 1 aromatic rings. The first-order valence-corrected chi connectivity index (χ1v) is 5.99. The van der Waals surface area contributed by atoms with Gasteiger partial charge in [-0.2, -0.15) is 13.2 Å². The summed E-state index contributed by atoms with van der Waals surface area (Å²) in [5.74, 6) is -1.19. The van der Waals surface area contributed by atoms with Gasteiger partial charge in [-0.05, 0) is 12.1 Å². The van der Waals surface area contributed by atoms with E-state index in [0.29, 0.717) is 18.9 Å². The predicted octanol–water partition coefficient (Wildman–Crippen LogP) is 0.809. The first-order chi connectivity index (χ1) is 9.36. The van der Waals surface area contributed by atoms with E-state index in [4.69, 9.17) is 0 Å². The van der Waals surface area contributed by atoms with Crippen LogP contribution in [0.15, 0.2) is 18.3 Å². The first kappa shape index (κ1) is 12.9. The molecule has 1 N–H and O–H groups in total. The molecule has 2 aliphatic heterocycles. The number of fused-ring (bicyclic) bond motifs is 1. The number of anilines is 1. The number of carbonyl (C=O) groups excluding carboxylic acids is 2. The number of amides is 2. The average Bonchev–Trinajstić information content (AvgIpc) is 2.92. The van der Waals surface area contributed by atoms with E-state index in [0.717, 1.165) is 12.3 Å². The molecule has 0 bridgehead atoms. The zero-order chi connectivity index (χ0) is 14.5. The van der Waals surface area contributed by atoms with Crippen molar-refractivity contribution in [3.8, 4) is 0 Å². The number of imide groups is 1. The van der Waals surface area contributed by atoms with Crippen LogP contribution in [0.3, 0.4) is 0 Å². The molecule has 20 heavy (non-hydrogen) atoms. The number of rotatable bonds is 1. The van der Waals surface area contributed by atoms with E-state index in [1.54, 1.807) is 4.90 Å². The van der Waals surface area contributed by atoms with Crippen molar-refractivity contribution in [3.05, 3.63) is 23.9 Å². The Kier molecular flexibility index (Phi) is 2.70. The Morgan fingerprint density at radius 2 is 1.75 bits per heavy atom. The van der Waals surface area contributed by atoms with Crippen molar-refractivity contribution in [2.75, 3.05) is 18.0 Å². The third-order valence-corrected chi connectivity index (χ3v) is 3.64. The Hall–Kier alpha value is -2.12. The molecule has 1 aromatic heterocycles. The Morgan fingerprint density at radius 3 is 2.20 bits per heavy atom. The van der Waals surface area contributed by atoms with Crippen molar-refractivity contribution >= 4 is 17.6 Å². The van der Waals surface area contributed by atoms with Crippen LogP contribution in [0.25, 0.3) is 0 Å². The van der Waals surface area contributed by atoms with Crippen LogP contribution in [0, 0.1) is 11.8 Å². The summed E-state index contributed by atoms with van der Waals surface area (Å²) in [5.41, 5.74) is -0.825. The van der Waals surface area contributed by atoms with Gasteiger partial charge < -0.3 is 4.90 Å². The summed E-state index contributed by atoms with van der Waals surface area (Å²) < 4.78 is 37.3. The molecule has 3 heterocycles. The highest BCUT2D eigenvalue weighted by Gasteiger charge is 2.48. The van der Waals surface area contributed by atoms with Gasteiger partial charge in [0.1, 0.15) is 5.82 Å². The molecule has 0 unspecified atom stereocenters. The molecule has 0 radical (unpaired) electrons. The highest BCUT2D eigenvalue weighted by atomic mass is 19.4. The number of pyridine rings is 1. The SMILES string of the molecule is O=C1NC(=O)[C@@H]2CN(c3ccc(C(F)(F)F)cn3)C[C@H]12. The standard InChI is InChI=1S/C12H10F3N3O2/c13-12(14,15)6-1-2-9(16-3-6)18-4-7-8(5-18)11(20)17-10(7)19/h1-3,7-8H,4-5H2,(H,17,19,20)/t7-,8+. The van der Waals surface area contributed by atoms with Crippen LogP contribution in [0.1, 0.15) is 5.56 Å². The van der Waals surface area contributed by atoms with E-state index in [2.05, 4.69) is 10.3 Å². The summed E-state index contributed by atoms with van der Waals surface area (Å²) in [5, 5.41) is 2.25. The van der Waals surface area contributed by atoms with Gasteiger partial charge in [-0.15, -0.1) is 0 Å². The normalized spacial score (nSPS) is 25.9. The predicted molar refractivity (Wildman–Crippen MR) is 61.6 cm³/mol. The van der Waals surface area contributed by atoms with Crippen LogP contribution < -0.4 is 10.2 Å². The minimum Gasteiger partial charge on any atom is -0.355 e. The minimum absolute atomic E-state index is 0.292. The lowest BCUT2D eigenvalue weighted by Crippen LogP contribution is -2.31. The molecule has 3 rings (SSSR count). The highest BCUT2D eigenvalue weighted by molar-refractivity contribution is 6.06. The van der Waals surface area contributed by atoms with Crippen molar-refractivity contribution in [1.29, 1.82) is 0 Å². The third-order valence-electron chi connectivity index (χ3n) is 3.64. The Bertz CT molecular complexity index is 548. The lowest BCUT2D eigenvalue weighted by Gasteiger charge is -2.18. The van der Waals surface area contributed by atoms with E-state index in [1.807, 2.05) is 0 Å². The molecule has 106 valence electrons. The maximum absolute atomic E-state index is 12.4. The molecule has 8 heteroatoms. The van der Waals surface area contributed by atoms with Gasteiger partial charge in [0.05, 0.1) is 17.4 Å². The molecule has 0 aliphatic carbocycles. The fraction of sp³-hybridized carbons (Fsp3) is 0.417. The van der Waals surface area contributed by atoms with E-state index in [9.17, 15) is 22.8 Å². The second-order valence-corrected chi connectivity index (χ2v) is 4.87. The summed E-state index contributed by atoms with van der Waals surface area (Å²) in [6.45, 7) is 0.585. The molecule has 2 amide bonds. The van der Waals surface area contributed by atoms with Crippen LogP contribution in [0.4, 0.5) is 19.0 Å². The van der Waals surface area contributed by atoms with Crippen LogP contribution in [-0.4, -0.2) is 29.9 Å². The Labute approximate surface area is 111 Å². The summed E-state index contributed by atoms with van der Waals surface area (Å²) in [7, 11) is 0. The van der Waals surface area contributed by atoms with Crippen LogP contribution in [0.5, 0.6) is 0 Å². The maximum atomic E-state index is 12.4. The molecular weight excluding hydrogens is 275 g/mol. The van der Waals surface area contributed by atoms with Gasteiger partial charge in [0.15, 0.2) is 0 Å². The van der Waals surface area contributed by atoms with Crippen LogP contribution in [0.2, 0.25) is 0 Å². The minimum atomic E-state index is -4.43. The maximum Gasteiger partial charge on any atom is 0.417 e. The third kappa shape index (κ3) is 2.00. The van der Waals surface area contributed by atoms with Crippen molar-refractivity contribution in [2.24, 2.45) is 11.8 Å². The van der Waals surface area contributed by atoms with Gasteiger partial charge in [-0.25, -0.2) is 4.98 Å². The van der Waals surface area contributed by atoms with Gasteiger partial charge >= 0.3 is 6.18 Å². The van der Waals surface area contributed by atoms with Gasteiger partial charge in [-0.3, -0.25) is 14.9 Å². The number of carbonyl (C=O) groups is 2. The Balaban J connectivity index is 1.79. The first-order valence-electron chi connectivity index (χ1n) is 5.99. The van der Waals surface area contributed by atoms with Crippen molar-refractivity contribution < 1.29 is 22.8 Å². The molecule has 0 spiro atoms. The van der Waals surface area contributed by atoms with E-state index < -0.39 is 23.6 Å². The number of aromatic nitrogens is 1. The quantitative estimate of drug-likeness (QED) is 0.776. The fourth-order valence-corrected chi connectivity index (χ4v) is 2.57. The van der Waals surface area contributed by atoms with Gasteiger partial charge in [0.2, 0.25) is 11.8 Å². The second-order valence-electron chi connectivity index (χ2n) is 4.87. The number of hydrogen-bond donors (Lipinski definition) is 1. The van der Waals surface area contributed by atoms with E-state index >= 15 is 0 Å².